The first kappa shape index (κ1) is 17.9. The van der Waals surface area contributed by atoms with Crippen LogP contribution < -0.4 is 5.32 Å². The van der Waals surface area contributed by atoms with Gasteiger partial charge in [-0.05, 0) is 43.4 Å². The second-order valence-corrected chi connectivity index (χ2v) is 7.52. The molecule has 0 unspecified atom stereocenters. The Hall–Kier alpha value is -2.45. The van der Waals surface area contributed by atoms with E-state index in [4.69, 9.17) is 8.94 Å². The summed E-state index contributed by atoms with van der Waals surface area (Å²) in [5.41, 5.74) is 1.10. The van der Waals surface area contributed by atoms with Crippen molar-refractivity contribution in [3.8, 4) is 10.8 Å². The number of furan rings is 1. The zero-order chi connectivity index (χ0) is 18.6. The van der Waals surface area contributed by atoms with E-state index in [1.165, 1.54) is 24.2 Å². The Morgan fingerprint density at radius 3 is 2.96 bits per heavy atom. The van der Waals surface area contributed by atoms with Gasteiger partial charge >= 0.3 is 0 Å². The Balaban J connectivity index is 1.38. The highest BCUT2D eigenvalue weighted by Crippen LogP contribution is 2.23. The summed E-state index contributed by atoms with van der Waals surface area (Å²) in [6.07, 6.45) is 3.25. The largest absolute Gasteiger partial charge is 0.456 e. The normalized spacial score (nSPS) is 14.7. The molecule has 1 saturated heterocycles. The van der Waals surface area contributed by atoms with Crippen LogP contribution in [0.5, 0.6) is 0 Å². The summed E-state index contributed by atoms with van der Waals surface area (Å²) >= 11 is 1.53. The number of likely N-dealkylation sites (tertiary alicyclic amines) is 1. The minimum absolute atomic E-state index is 0.192. The molecule has 142 valence electrons. The number of amides is 1. The fourth-order valence-corrected chi connectivity index (χ4v) is 3.91. The zero-order valence-corrected chi connectivity index (χ0v) is 16.1. The van der Waals surface area contributed by atoms with Gasteiger partial charge in [0.15, 0.2) is 11.6 Å². The SMILES string of the molecule is CCc1oc(C(=O)NCc2noc(-c3cccs3)n2)cc1CN1CCCC1. The lowest BCUT2D eigenvalue weighted by atomic mass is 10.2. The molecular formula is C19H22N4O3S. The minimum Gasteiger partial charge on any atom is -0.456 e. The Kier molecular flexibility index (Phi) is 5.35. The number of aryl methyl sites for hydroxylation is 1. The molecule has 0 atom stereocenters. The number of hydrogen-bond donors (Lipinski definition) is 1. The summed E-state index contributed by atoms with van der Waals surface area (Å²) in [6, 6.07) is 5.70. The summed E-state index contributed by atoms with van der Waals surface area (Å²) in [7, 11) is 0. The maximum Gasteiger partial charge on any atom is 0.287 e. The van der Waals surface area contributed by atoms with Crippen molar-refractivity contribution in [2.24, 2.45) is 0 Å². The van der Waals surface area contributed by atoms with Crippen molar-refractivity contribution in [1.82, 2.24) is 20.4 Å². The van der Waals surface area contributed by atoms with Gasteiger partial charge in [0.2, 0.25) is 0 Å². The molecule has 3 aromatic rings. The molecule has 7 nitrogen and oxygen atoms in total. The number of thiophene rings is 1. The topological polar surface area (TPSA) is 84.4 Å². The average Bonchev–Trinajstić information content (AvgIpc) is 3.47. The monoisotopic (exact) mass is 386 g/mol. The highest BCUT2D eigenvalue weighted by molar-refractivity contribution is 7.13. The predicted octanol–water partition coefficient (Wildman–Crippen LogP) is 3.48. The van der Waals surface area contributed by atoms with Crippen molar-refractivity contribution in [2.45, 2.75) is 39.3 Å². The lowest BCUT2D eigenvalue weighted by Gasteiger charge is -2.13. The van der Waals surface area contributed by atoms with E-state index < -0.39 is 0 Å². The number of nitrogens with one attached hydrogen (secondary N) is 1. The van der Waals surface area contributed by atoms with Crippen LogP contribution in [0.15, 0.2) is 32.5 Å². The van der Waals surface area contributed by atoms with Crippen LogP contribution in [0.25, 0.3) is 10.8 Å². The fraction of sp³-hybridized carbons (Fsp3) is 0.421. The third-order valence-electron chi connectivity index (χ3n) is 4.64. The Bertz CT molecular complexity index is 894. The molecule has 0 bridgehead atoms. The molecule has 1 amide bonds. The Morgan fingerprint density at radius 1 is 1.37 bits per heavy atom. The molecule has 0 aromatic carbocycles. The van der Waals surface area contributed by atoms with E-state index in [0.29, 0.717) is 17.5 Å². The second-order valence-electron chi connectivity index (χ2n) is 6.57. The highest BCUT2D eigenvalue weighted by Gasteiger charge is 2.20. The van der Waals surface area contributed by atoms with Crippen LogP contribution in [0.4, 0.5) is 0 Å². The van der Waals surface area contributed by atoms with Gasteiger partial charge in [-0.15, -0.1) is 11.3 Å². The van der Waals surface area contributed by atoms with Crippen LogP contribution >= 0.6 is 11.3 Å². The van der Waals surface area contributed by atoms with E-state index in [1.54, 1.807) is 0 Å². The molecule has 0 radical (unpaired) electrons. The van der Waals surface area contributed by atoms with Crippen molar-refractivity contribution in [1.29, 1.82) is 0 Å². The third-order valence-corrected chi connectivity index (χ3v) is 5.50. The molecule has 1 aliphatic rings. The molecule has 4 rings (SSSR count). The van der Waals surface area contributed by atoms with E-state index in [2.05, 4.69) is 20.4 Å². The molecule has 1 aliphatic heterocycles. The summed E-state index contributed by atoms with van der Waals surface area (Å²) in [5.74, 6) is 1.86. The minimum atomic E-state index is -0.264. The Labute approximate surface area is 161 Å². The van der Waals surface area contributed by atoms with Crippen LogP contribution in [0.1, 0.15) is 47.5 Å². The van der Waals surface area contributed by atoms with Crippen LogP contribution in [0, 0.1) is 0 Å². The maximum atomic E-state index is 12.5. The number of nitrogens with zero attached hydrogens (tertiary/aromatic N) is 3. The van der Waals surface area contributed by atoms with Gasteiger partial charge in [0.25, 0.3) is 11.8 Å². The van der Waals surface area contributed by atoms with Crippen LogP contribution in [0.2, 0.25) is 0 Å². The van der Waals surface area contributed by atoms with E-state index in [1.807, 2.05) is 30.5 Å². The molecule has 0 aliphatic carbocycles. The third kappa shape index (κ3) is 4.12. The summed E-state index contributed by atoms with van der Waals surface area (Å²) < 4.78 is 11.0. The van der Waals surface area contributed by atoms with E-state index in [0.717, 1.165) is 42.3 Å². The molecule has 0 spiro atoms. The van der Waals surface area contributed by atoms with Crippen molar-refractivity contribution < 1.29 is 13.7 Å². The van der Waals surface area contributed by atoms with Crippen molar-refractivity contribution in [3.05, 3.63) is 46.5 Å². The second kappa shape index (κ2) is 8.06. The fourth-order valence-electron chi connectivity index (χ4n) is 3.27. The molecule has 0 saturated carbocycles. The van der Waals surface area contributed by atoms with Crippen molar-refractivity contribution in [2.75, 3.05) is 13.1 Å². The van der Waals surface area contributed by atoms with Gasteiger partial charge in [0, 0.05) is 18.5 Å². The molecule has 8 heteroatoms. The van der Waals surface area contributed by atoms with Gasteiger partial charge in [-0.2, -0.15) is 4.98 Å². The van der Waals surface area contributed by atoms with E-state index in [-0.39, 0.29) is 12.5 Å². The quantitative estimate of drug-likeness (QED) is 0.669. The zero-order valence-electron chi connectivity index (χ0n) is 15.2. The molecule has 1 N–H and O–H groups in total. The van der Waals surface area contributed by atoms with E-state index in [9.17, 15) is 4.79 Å². The summed E-state index contributed by atoms with van der Waals surface area (Å²) in [5, 5.41) is 8.67. The number of aromatic nitrogens is 2. The number of carbonyl (C=O) groups excluding carboxylic acids is 1. The van der Waals surface area contributed by atoms with Gasteiger partial charge in [-0.1, -0.05) is 18.1 Å². The number of hydrogen-bond acceptors (Lipinski definition) is 7. The van der Waals surface area contributed by atoms with Crippen LogP contribution in [0.3, 0.4) is 0 Å². The standard InChI is InChI=1S/C19H22N4O3S/c1-2-14-13(12-23-7-3-4-8-23)10-15(25-14)18(24)20-11-17-21-19(26-22-17)16-6-5-9-27-16/h5-6,9-10H,2-4,7-8,11-12H2,1H3,(H,20,24). The smallest absolute Gasteiger partial charge is 0.287 e. The van der Waals surface area contributed by atoms with Crippen LogP contribution in [-0.4, -0.2) is 34.0 Å². The summed E-state index contributed by atoms with van der Waals surface area (Å²) in [6.45, 7) is 5.30. The maximum absolute atomic E-state index is 12.5. The van der Waals surface area contributed by atoms with E-state index >= 15 is 0 Å². The van der Waals surface area contributed by atoms with Crippen molar-refractivity contribution in [3.63, 3.8) is 0 Å². The van der Waals surface area contributed by atoms with Gasteiger partial charge in [0.05, 0.1) is 11.4 Å². The van der Waals surface area contributed by atoms with Crippen LogP contribution in [-0.2, 0) is 19.5 Å². The first-order valence-electron chi connectivity index (χ1n) is 9.21. The average molecular weight is 386 g/mol. The lowest BCUT2D eigenvalue weighted by Crippen LogP contribution is -2.23. The molecule has 27 heavy (non-hydrogen) atoms. The van der Waals surface area contributed by atoms with Gasteiger partial charge in [0.1, 0.15) is 5.76 Å². The number of carbonyl (C=O) groups is 1. The molecule has 4 heterocycles. The number of rotatable bonds is 7. The lowest BCUT2D eigenvalue weighted by molar-refractivity contribution is 0.0920. The van der Waals surface area contributed by atoms with Crippen molar-refractivity contribution >= 4 is 17.2 Å². The molecule has 1 fully saturated rings. The van der Waals surface area contributed by atoms with Gasteiger partial charge in [-0.25, -0.2) is 0 Å². The first-order valence-corrected chi connectivity index (χ1v) is 10.1. The molecule has 3 aromatic heterocycles. The Morgan fingerprint density at radius 2 is 2.22 bits per heavy atom. The predicted molar refractivity (Wildman–Crippen MR) is 101 cm³/mol. The molecular weight excluding hydrogens is 364 g/mol. The first-order chi connectivity index (χ1) is 13.2. The highest BCUT2D eigenvalue weighted by atomic mass is 32.1. The van der Waals surface area contributed by atoms with Gasteiger partial charge in [-0.3, -0.25) is 9.69 Å². The van der Waals surface area contributed by atoms with Gasteiger partial charge < -0.3 is 14.3 Å². The summed E-state index contributed by atoms with van der Waals surface area (Å²) in [4.78, 5) is 20.1.